The minimum Gasteiger partial charge on any atom is -0.357 e. The number of nitrogens with zero attached hydrogens (tertiary/aromatic N) is 2. The second-order valence-electron chi connectivity index (χ2n) is 4.30. The van der Waals surface area contributed by atoms with Gasteiger partial charge in [-0.05, 0) is 12.5 Å². The van der Waals surface area contributed by atoms with E-state index in [0.29, 0.717) is 5.95 Å². The lowest BCUT2D eigenvalue weighted by atomic mass is 10.2. The smallest absolute Gasteiger partial charge is 0.243 e. The molecule has 20 heavy (non-hydrogen) atoms. The van der Waals surface area contributed by atoms with E-state index in [1.54, 1.807) is 7.05 Å². The van der Waals surface area contributed by atoms with Crippen molar-refractivity contribution in [1.29, 1.82) is 0 Å². The van der Waals surface area contributed by atoms with Crippen LogP contribution in [0, 0.1) is 6.92 Å². The van der Waals surface area contributed by atoms with E-state index in [2.05, 4.69) is 20.0 Å². The molecule has 0 spiro atoms. The van der Waals surface area contributed by atoms with Crippen LogP contribution in [0.1, 0.15) is 11.1 Å². The maximum Gasteiger partial charge on any atom is 0.243 e. The largest absolute Gasteiger partial charge is 0.357 e. The first-order valence-electron chi connectivity index (χ1n) is 6.06. The van der Waals surface area contributed by atoms with E-state index in [-0.39, 0.29) is 11.4 Å². The normalized spacial score (nSPS) is 11.3. The van der Waals surface area contributed by atoms with Crippen LogP contribution in [0.5, 0.6) is 0 Å². The van der Waals surface area contributed by atoms with Gasteiger partial charge in [0.15, 0.2) is 0 Å². The summed E-state index contributed by atoms with van der Waals surface area (Å²) >= 11 is 0. The number of rotatable bonds is 5. The summed E-state index contributed by atoms with van der Waals surface area (Å²) < 4.78 is 26.6. The highest BCUT2D eigenvalue weighted by Crippen LogP contribution is 2.09. The van der Waals surface area contributed by atoms with Gasteiger partial charge in [0.2, 0.25) is 16.0 Å². The first kappa shape index (κ1) is 14.4. The van der Waals surface area contributed by atoms with E-state index >= 15 is 0 Å². The Hall–Kier alpha value is -1.99. The van der Waals surface area contributed by atoms with E-state index in [1.807, 2.05) is 31.2 Å². The van der Waals surface area contributed by atoms with Gasteiger partial charge in [-0.1, -0.05) is 29.8 Å². The average Bonchev–Trinajstić information content (AvgIpc) is 2.47. The molecule has 0 amide bonds. The average molecular weight is 292 g/mol. The summed E-state index contributed by atoms with van der Waals surface area (Å²) in [6.07, 6.45) is 2.55. The lowest BCUT2D eigenvalue weighted by Crippen LogP contribution is -2.23. The maximum absolute atomic E-state index is 12.1. The molecule has 0 aliphatic heterocycles. The molecule has 0 aliphatic rings. The maximum atomic E-state index is 12.1. The van der Waals surface area contributed by atoms with Crippen LogP contribution in [-0.4, -0.2) is 25.4 Å². The van der Waals surface area contributed by atoms with Crippen molar-refractivity contribution >= 4 is 16.0 Å². The zero-order valence-corrected chi connectivity index (χ0v) is 12.1. The number of anilines is 1. The third kappa shape index (κ3) is 3.52. The zero-order valence-electron chi connectivity index (χ0n) is 11.3. The standard InChI is InChI=1S/C13H16N4O2S/c1-10-3-5-11(6-4-10)7-17-20(18,19)12-8-15-13(14-2)16-9-12/h3-6,8-9,17H,7H2,1-2H3,(H,14,15,16). The fourth-order valence-electron chi connectivity index (χ4n) is 1.55. The predicted octanol–water partition coefficient (Wildman–Crippen LogP) is 1.31. The molecule has 2 aromatic rings. The molecule has 0 radical (unpaired) electrons. The summed E-state index contributed by atoms with van der Waals surface area (Å²) in [4.78, 5) is 7.82. The van der Waals surface area contributed by atoms with Crippen LogP contribution in [0.4, 0.5) is 5.95 Å². The number of aromatic nitrogens is 2. The molecular formula is C13H16N4O2S. The van der Waals surface area contributed by atoms with Gasteiger partial charge in [-0.2, -0.15) is 0 Å². The highest BCUT2D eigenvalue weighted by molar-refractivity contribution is 7.89. The molecule has 0 saturated heterocycles. The Kier molecular flexibility index (Phi) is 4.31. The molecule has 106 valence electrons. The second-order valence-corrected chi connectivity index (χ2v) is 6.07. The van der Waals surface area contributed by atoms with Crippen molar-refractivity contribution in [1.82, 2.24) is 14.7 Å². The quantitative estimate of drug-likeness (QED) is 0.868. The van der Waals surface area contributed by atoms with Gasteiger partial charge in [-0.3, -0.25) is 0 Å². The Morgan fingerprint density at radius 1 is 1.10 bits per heavy atom. The number of aryl methyl sites for hydroxylation is 1. The van der Waals surface area contributed by atoms with Crippen molar-refractivity contribution in [2.24, 2.45) is 0 Å². The van der Waals surface area contributed by atoms with Gasteiger partial charge in [-0.25, -0.2) is 23.1 Å². The van der Waals surface area contributed by atoms with Crippen molar-refractivity contribution in [3.8, 4) is 0 Å². The Balaban J connectivity index is 2.08. The van der Waals surface area contributed by atoms with Crippen molar-refractivity contribution in [2.75, 3.05) is 12.4 Å². The predicted molar refractivity (Wildman–Crippen MR) is 76.8 cm³/mol. The SMILES string of the molecule is CNc1ncc(S(=O)(=O)NCc2ccc(C)cc2)cn1. The molecule has 0 atom stereocenters. The highest BCUT2D eigenvalue weighted by atomic mass is 32.2. The summed E-state index contributed by atoms with van der Waals surface area (Å²) in [5, 5.41) is 2.73. The van der Waals surface area contributed by atoms with Crippen LogP contribution in [0.3, 0.4) is 0 Å². The topological polar surface area (TPSA) is 84.0 Å². The molecule has 1 aromatic heterocycles. The molecule has 2 rings (SSSR count). The van der Waals surface area contributed by atoms with Crippen molar-refractivity contribution in [3.63, 3.8) is 0 Å². The molecule has 0 saturated carbocycles. The number of sulfonamides is 1. The van der Waals surface area contributed by atoms with Crippen molar-refractivity contribution in [2.45, 2.75) is 18.4 Å². The van der Waals surface area contributed by atoms with Gasteiger partial charge in [-0.15, -0.1) is 0 Å². The molecule has 7 heteroatoms. The Labute approximate surface area is 118 Å². The van der Waals surface area contributed by atoms with Crippen LogP contribution >= 0.6 is 0 Å². The summed E-state index contributed by atoms with van der Waals surface area (Å²) in [5.74, 6) is 0.377. The summed E-state index contributed by atoms with van der Waals surface area (Å²) in [6.45, 7) is 2.21. The molecule has 2 N–H and O–H groups in total. The molecule has 0 fully saturated rings. The van der Waals surface area contributed by atoms with E-state index in [9.17, 15) is 8.42 Å². The molecule has 1 aromatic carbocycles. The van der Waals surface area contributed by atoms with Crippen LogP contribution < -0.4 is 10.0 Å². The van der Waals surface area contributed by atoms with E-state index in [0.717, 1.165) is 11.1 Å². The number of nitrogens with one attached hydrogen (secondary N) is 2. The molecule has 0 bridgehead atoms. The highest BCUT2D eigenvalue weighted by Gasteiger charge is 2.14. The Morgan fingerprint density at radius 3 is 2.25 bits per heavy atom. The molecule has 1 heterocycles. The summed E-state index contributed by atoms with van der Waals surface area (Å²) in [6, 6.07) is 7.65. The number of hydrogen-bond acceptors (Lipinski definition) is 5. The van der Waals surface area contributed by atoms with Crippen LogP contribution in [0.15, 0.2) is 41.6 Å². The fourth-order valence-corrected chi connectivity index (χ4v) is 2.46. The van der Waals surface area contributed by atoms with Crippen molar-refractivity contribution in [3.05, 3.63) is 47.8 Å². The summed E-state index contributed by atoms with van der Waals surface area (Å²) in [7, 11) is -1.93. The fraction of sp³-hybridized carbons (Fsp3) is 0.231. The number of hydrogen-bond donors (Lipinski definition) is 2. The minimum absolute atomic E-state index is 0.0450. The summed E-state index contributed by atoms with van der Waals surface area (Å²) in [5.41, 5.74) is 2.03. The van der Waals surface area contributed by atoms with Gasteiger partial charge >= 0.3 is 0 Å². The lowest BCUT2D eigenvalue weighted by Gasteiger charge is -2.07. The second kappa shape index (κ2) is 5.98. The Morgan fingerprint density at radius 2 is 1.70 bits per heavy atom. The first-order chi connectivity index (χ1) is 9.51. The third-order valence-electron chi connectivity index (χ3n) is 2.75. The minimum atomic E-state index is -3.60. The van der Waals surface area contributed by atoms with Crippen molar-refractivity contribution < 1.29 is 8.42 Å². The van der Waals surface area contributed by atoms with Gasteiger partial charge in [0, 0.05) is 13.6 Å². The van der Waals surface area contributed by atoms with Gasteiger partial charge in [0.1, 0.15) is 4.90 Å². The van der Waals surface area contributed by atoms with Crippen LogP contribution in [-0.2, 0) is 16.6 Å². The number of benzene rings is 1. The van der Waals surface area contributed by atoms with E-state index in [4.69, 9.17) is 0 Å². The zero-order chi connectivity index (χ0) is 14.6. The molecule has 0 unspecified atom stereocenters. The van der Waals surface area contributed by atoms with Gasteiger partial charge in [0.25, 0.3) is 0 Å². The van der Waals surface area contributed by atoms with Gasteiger partial charge in [0.05, 0.1) is 12.4 Å². The molecular weight excluding hydrogens is 276 g/mol. The van der Waals surface area contributed by atoms with Crippen LogP contribution in [0.25, 0.3) is 0 Å². The Bertz CT molecular complexity index is 667. The van der Waals surface area contributed by atoms with E-state index in [1.165, 1.54) is 12.4 Å². The monoisotopic (exact) mass is 292 g/mol. The van der Waals surface area contributed by atoms with Crippen LogP contribution in [0.2, 0.25) is 0 Å². The van der Waals surface area contributed by atoms with E-state index < -0.39 is 10.0 Å². The third-order valence-corrected chi connectivity index (χ3v) is 4.10. The molecule has 6 nitrogen and oxygen atoms in total. The lowest BCUT2D eigenvalue weighted by molar-refractivity contribution is 0.580. The first-order valence-corrected chi connectivity index (χ1v) is 7.54. The molecule has 0 aliphatic carbocycles. The van der Waals surface area contributed by atoms with Gasteiger partial charge < -0.3 is 5.32 Å².